The Kier molecular flexibility index (Phi) is 6.27. The molecule has 0 radical (unpaired) electrons. The van der Waals surface area contributed by atoms with Gasteiger partial charge in [-0.2, -0.15) is 0 Å². The molecule has 1 aromatic rings. The zero-order chi connectivity index (χ0) is 15.9. The Labute approximate surface area is 140 Å². The highest BCUT2D eigenvalue weighted by atomic mass is 32.2. The average molecular weight is 337 g/mol. The van der Waals surface area contributed by atoms with Crippen LogP contribution in [-0.4, -0.2) is 23.4 Å². The molecule has 1 aromatic carbocycles. The van der Waals surface area contributed by atoms with E-state index in [2.05, 4.69) is 19.2 Å². The van der Waals surface area contributed by atoms with Crippen molar-refractivity contribution < 1.29 is 14.3 Å². The SMILES string of the molecule is CCCOc1ccc(/C=C2\SC(=S)NC2=O)cc1OCCC. The number of benzene rings is 1. The lowest BCUT2D eigenvalue weighted by Gasteiger charge is -2.12. The lowest BCUT2D eigenvalue weighted by Crippen LogP contribution is -2.17. The van der Waals surface area contributed by atoms with E-state index < -0.39 is 0 Å². The van der Waals surface area contributed by atoms with Crippen molar-refractivity contribution in [3.05, 3.63) is 28.7 Å². The third kappa shape index (κ3) is 4.48. The van der Waals surface area contributed by atoms with Gasteiger partial charge >= 0.3 is 0 Å². The van der Waals surface area contributed by atoms with E-state index in [1.54, 1.807) is 0 Å². The van der Waals surface area contributed by atoms with Gasteiger partial charge < -0.3 is 14.8 Å². The van der Waals surface area contributed by atoms with E-state index in [0.29, 0.717) is 28.2 Å². The molecule has 1 fully saturated rings. The molecule has 0 spiro atoms. The molecule has 22 heavy (non-hydrogen) atoms. The molecule has 4 nitrogen and oxygen atoms in total. The molecule has 0 saturated carbocycles. The van der Waals surface area contributed by atoms with Crippen LogP contribution in [0.3, 0.4) is 0 Å². The van der Waals surface area contributed by atoms with Gasteiger partial charge in [-0.3, -0.25) is 4.79 Å². The summed E-state index contributed by atoms with van der Waals surface area (Å²) in [5.41, 5.74) is 0.886. The molecule has 0 unspecified atom stereocenters. The Bertz CT molecular complexity index is 599. The fourth-order valence-electron chi connectivity index (χ4n) is 1.84. The van der Waals surface area contributed by atoms with Crippen LogP contribution in [0, 0.1) is 0 Å². The number of nitrogens with one attached hydrogen (secondary N) is 1. The van der Waals surface area contributed by atoms with Crippen molar-refractivity contribution in [2.45, 2.75) is 26.7 Å². The molecular weight excluding hydrogens is 318 g/mol. The van der Waals surface area contributed by atoms with Crippen LogP contribution in [0.5, 0.6) is 11.5 Å². The van der Waals surface area contributed by atoms with E-state index >= 15 is 0 Å². The number of thiocarbonyl (C=S) groups is 1. The van der Waals surface area contributed by atoms with Gasteiger partial charge in [0, 0.05) is 0 Å². The maximum absolute atomic E-state index is 11.7. The normalized spacial score (nSPS) is 16.0. The Balaban J connectivity index is 2.23. The first-order chi connectivity index (χ1) is 10.6. The lowest BCUT2D eigenvalue weighted by atomic mass is 10.2. The molecule has 0 atom stereocenters. The smallest absolute Gasteiger partial charge is 0.263 e. The van der Waals surface area contributed by atoms with Crippen molar-refractivity contribution in [1.82, 2.24) is 5.32 Å². The van der Waals surface area contributed by atoms with Crippen molar-refractivity contribution in [1.29, 1.82) is 0 Å². The predicted octanol–water partition coefficient (Wildman–Crippen LogP) is 3.75. The van der Waals surface area contributed by atoms with E-state index in [1.807, 2.05) is 24.3 Å². The Morgan fingerprint density at radius 1 is 1.18 bits per heavy atom. The van der Waals surface area contributed by atoms with Crippen LogP contribution in [0.2, 0.25) is 0 Å². The topological polar surface area (TPSA) is 47.6 Å². The standard InChI is InChI=1S/C16H19NO3S2/c1-3-7-19-12-6-5-11(9-13(12)20-8-4-2)10-14-15(18)17-16(21)22-14/h5-6,9-10H,3-4,7-8H2,1-2H3,(H,17,18,21)/b14-10-. The van der Waals surface area contributed by atoms with Crippen LogP contribution >= 0.6 is 24.0 Å². The zero-order valence-corrected chi connectivity index (χ0v) is 14.3. The van der Waals surface area contributed by atoms with E-state index in [-0.39, 0.29) is 5.91 Å². The summed E-state index contributed by atoms with van der Waals surface area (Å²) in [5.74, 6) is 1.28. The van der Waals surface area contributed by atoms with Gasteiger partial charge in [0.25, 0.3) is 5.91 Å². The molecule has 2 rings (SSSR count). The largest absolute Gasteiger partial charge is 0.490 e. The highest BCUT2D eigenvalue weighted by Gasteiger charge is 2.22. The van der Waals surface area contributed by atoms with E-state index in [4.69, 9.17) is 21.7 Å². The van der Waals surface area contributed by atoms with Crippen molar-refractivity contribution in [2.24, 2.45) is 0 Å². The van der Waals surface area contributed by atoms with Gasteiger partial charge in [0.05, 0.1) is 18.1 Å². The molecular formula is C16H19NO3S2. The second-order valence-electron chi connectivity index (χ2n) is 4.76. The third-order valence-electron chi connectivity index (χ3n) is 2.83. The second kappa shape index (κ2) is 8.19. The molecule has 1 amide bonds. The maximum atomic E-state index is 11.7. The van der Waals surface area contributed by atoms with Gasteiger partial charge in [0.15, 0.2) is 11.5 Å². The number of carbonyl (C=O) groups excluding carboxylic acids is 1. The van der Waals surface area contributed by atoms with Crippen molar-refractivity contribution in [3.8, 4) is 11.5 Å². The van der Waals surface area contributed by atoms with Gasteiger partial charge in [-0.1, -0.05) is 43.9 Å². The maximum Gasteiger partial charge on any atom is 0.263 e. The van der Waals surface area contributed by atoms with E-state index in [0.717, 1.165) is 24.2 Å². The molecule has 118 valence electrons. The van der Waals surface area contributed by atoms with Crippen LogP contribution in [0.25, 0.3) is 6.08 Å². The molecule has 0 aromatic heterocycles. The number of hydrogen-bond acceptors (Lipinski definition) is 5. The van der Waals surface area contributed by atoms with Gasteiger partial charge in [-0.25, -0.2) is 0 Å². The summed E-state index contributed by atoms with van der Waals surface area (Å²) in [6.45, 7) is 5.39. The molecule has 0 aliphatic carbocycles. The summed E-state index contributed by atoms with van der Waals surface area (Å²) < 4.78 is 11.9. The number of amides is 1. The molecule has 1 aliphatic heterocycles. The van der Waals surface area contributed by atoms with Gasteiger partial charge in [0.2, 0.25) is 0 Å². The molecule has 1 heterocycles. The quantitative estimate of drug-likeness (QED) is 0.606. The van der Waals surface area contributed by atoms with Crippen LogP contribution in [-0.2, 0) is 4.79 Å². The first kappa shape index (κ1) is 16.8. The summed E-state index contributed by atoms with van der Waals surface area (Å²) in [4.78, 5) is 12.3. The Morgan fingerprint density at radius 2 is 1.86 bits per heavy atom. The summed E-state index contributed by atoms with van der Waals surface area (Å²) in [6.07, 6.45) is 3.67. The number of ether oxygens (including phenoxy) is 2. The molecule has 6 heteroatoms. The minimum atomic E-state index is -0.155. The Hall–Kier alpha value is -1.53. The first-order valence-electron chi connectivity index (χ1n) is 7.28. The van der Waals surface area contributed by atoms with Gasteiger partial charge in [-0.05, 0) is 36.6 Å². The lowest BCUT2D eigenvalue weighted by molar-refractivity contribution is -0.115. The number of hydrogen-bond donors (Lipinski definition) is 1. The summed E-state index contributed by atoms with van der Waals surface area (Å²) in [7, 11) is 0. The van der Waals surface area contributed by atoms with E-state index in [1.165, 1.54) is 11.8 Å². The fourth-order valence-corrected chi connectivity index (χ4v) is 2.89. The predicted molar refractivity (Wildman–Crippen MR) is 94.3 cm³/mol. The highest BCUT2D eigenvalue weighted by Crippen LogP contribution is 2.32. The zero-order valence-electron chi connectivity index (χ0n) is 12.7. The molecule has 1 N–H and O–H groups in total. The molecule has 1 aliphatic rings. The summed E-state index contributed by atoms with van der Waals surface area (Å²) in [6, 6.07) is 5.68. The molecule has 1 saturated heterocycles. The van der Waals surface area contributed by atoms with Crippen LogP contribution in [0.4, 0.5) is 0 Å². The van der Waals surface area contributed by atoms with Crippen molar-refractivity contribution in [3.63, 3.8) is 0 Å². The Morgan fingerprint density at radius 3 is 2.45 bits per heavy atom. The summed E-state index contributed by atoms with van der Waals surface area (Å²) >= 11 is 6.26. The minimum Gasteiger partial charge on any atom is -0.490 e. The second-order valence-corrected chi connectivity index (χ2v) is 6.47. The number of rotatable bonds is 7. The van der Waals surface area contributed by atoms with Crippen LogP contribution in [0.15, 0.2) is 23.1 Å². The first-order valence-corrected chi connectivity index (χ1v) is 8.51. The van der Waals surface area contributed by atoms with Crippen molar-refractivity contribution >= 4 is 40.3 Å². The van der Waals surface area contributed by atoms with Crippen LogP contribution in [0.1, 0.15) is 32.3 Å². The van der Waals surface area contributed by atoms with Crippen molar-refractivity contribution in [2.75, 3.05) is 13.2 Å². The van der Waals surface area contributed by atoms with Gasteiger partial charge in [0.1, 0.15) is 4.32 Å². The van der Waals surface area contributed by atoms with E-state index in [9.17, 15) is 4.79 Å². The average Bonchev–Trinajstić information content (AvgIpc) is 2.81. The monoisotopic (exact) mass is 337 g/mol. The highest BCUT2D eigenvalue weighted by molar-refractivity contribution is 8.26. The summed E-state index contributed by atoms with van der Waals surface area (Å²) in [5, 5.41) is 2.61. The molecule has 0 bridgehead atoms. The number of thioether (sulfide) groups is 1. The van der Waals surface area contributed by atoms with Crippen LogP contribution < -0.4 is 14.8 Å². The third-order valence-corrected chi connectivity index (χ3v) is 3.99. The minimum absolute atomic E-state index is 0.155. The fraction of sp³-hybridized carbons (Fsp3) is 0.375. The van der Waals surface area contributed by atoms with Gasteiger partial charge in [-0.15, -0.1) is 0 Å². The number of carbonyl (C=O) groups is 1.